The van der Waals surface area contributed by atoms with Crippen molar-refractivity contribution in [3.05, 3.63) is 78.1 Å². The first-order chi connectivity index (χ1) is 15.8. The number of imide groups is 1. The van der Waals surface area contributed by atoms with Crippen LogP contribution in [0.5, 0.6) is 5.75 Å². The molecule has 1 N–H and O–H groups in total. The molecule has 2 aromatic carbocycles. The van der Waals surface area contributed by atoms with Crippen LogP contribution in [0.1, 0.15) is 18.1 Å². The Morgan fingerprint density at radius 2 is 1.82 bits per heavy atom. The summed E-state index contributed by atoms with van der Waals surface area (Å²) in [6, 6.07) is 15.9. The number of amides is 4. The van der Waals surface area contributed by atoms with E-state index in [-0.39, 0.29) is 12.5 Å². The summed E-state index contributed by atoms with van der Waals surface area (Å²) in [7, 11) is 3.18. The number of ether oxygens (including phenoxy) is 1. The number of nitrogens with zero attached hydrogens (tertiary/aromatic N) is 4. The minimum Gasteiger partial charge on any atom is -0.497 e. The molecular weight excluding hydrogens is 422 g/mol. The summed E-state index contributed by atoms with van der Waals surface area (Å²) in [6.45, 7) is 1.58. The van der Waals surface area contributed by atoms with Crippen LogP contribution < -0.4 is 10.1 Å². The lowest BCUT2D eigenvalue weighted by Crippen LogP contribution is -2.43. The normalized spacial score (nSPS) is 17.7. The van der Waals surface area contributed by atoms with E-state index in [1.165, 1.54) is 4.90 Å². The molecule has 0 bridgehead atoms. The second-order valence-electron chi connectivity index (χ2n) is 8.05. The summed E-state index contributed by atoms with van der Waals surface area (Å²) in [6.07, 6.45) is 3.53. The van der Waals surface area contributed by atoms with Crippen molar-refractivity contribution in [2.75, 3.05) is 20.7 Å². The molecule has 1 saturated heterocycles. The number of carbonyl (C=O) groups is 3. The molecule has 4 rings (SSSR count). The molecule has 4 amide bonds. The van der Waals surface area contributed by atoms with Gasteiger partial charge in [0.25, 0.3) is 5.91 Å². The van der Waals surface area contributed by atoms with E-state index in [4.69, 9.17) is 4.74 Å². The van der Waals surface area contributed by atoms with Crippen LogP contribution in [0.4, 0.5) is 4.79 Å². The zero-order valence-electron chi connectivity index (χ0n) is 18.7. The number of hydrogen-bond acceptors (Lipinski definition) is 5. The van der Waals surface area contributed by atoms with Gasteiger partial charge in [0.15, 0.2) is 0 Å². The number of para-hydroxylation sites is 1. The van der Waals surface area contributed by atoms with Gasteiger partial charge in [-0.1, -0.05) is 30.3 Å². The van der Waals surface area contributed by atoms with E-state index in [1.54, 1.807) is 56.2 Å². The largest absolute Gasteiger partial charge is 0.497 e. The van der Waals surface area contributed by atoms with Gasteiger partial charge in [-0.15, -0.1) is 0 Å². The van der Waals surface area contributed by atoms with Crippen molar-refractivity contribution in [1.82, 2.24) is 24.9 Å². The molecule has 170 valence electrons. The van der Waals surface area contributed by atoms with Crippen LogP contribution in [0.25, 0.3) is 5.69 Å². The first-order valence-electron chi connectivity index (χ1n) is 10.4. The van der Waals surface area contributed by atoms with Gasteiger partial charge in [-0.3, -0.25) is 14.5 Å². The highest BCUT2D eigenvalue weighted by Crippen LogP contribution is 2.30. The Kier molecular flexibility index (Phi) is 5.87. The molecule has 0 unspecified atom stereocenters. The number of methoxy groups -OCH3 is 1. The van der Waals surface area contributed by atoms with Crippen molar-refractivity contribution in [2.24, 2.45) is 0 Å². The molecule has 1 aliphatic heterocycles. The molecule has 1 aromatic heterocycles. The third-order valence-corrected chi connectivity index (χ3v) is 5.74. The van der Waals surface area contributed by atoms with E-state index in [0.29, 0.717) is 17.9 Å². The average Bonchev–Trinajstić information content (AvgIpc) is 3.38. The number of rotatable bonds is 7. The lowest BCUT2D eigenvalue weighted by atomic mass is 9.92. The number of hydrogen-bond donors (Lipinski definition) is 1. The quantitative estimate of drug-likeness (QED) is 0.561. The Bertz CT molecular complexity index is 1180. The van der Waals surface area contributed by atoms with Gasteiger partial charge in [-0.2, -0.15) is 5.10 Å². The first-order valence-corrected chi connectivity index (χ1v) is 10.4. The zero-order chi connectivity index (χ0) is 23.6. The summed E-state index contributed by atoms with van der Waals surface area (Å²) in [4.78, 5) is 40.9. The number of urea groups is 1. The van der Waals surface area contributed by atoms with Crippen molar-refractivity contribution in [2.45, 2.75) is 19.0 Å². The van der Waals surface area contributed by atoms with Crippen LogP contribution in [0.15, 0.2) is 67.0 Å². The molecule has 1 atom stereocenters. The monoisotopic (exact) mass is 447 g/mol. The van der Waals surface area contributed by atoms with E-state index >= 15 is 0 Å². The molecule has 9 heteroatoms. The molecule has 0 spiro atoms. The fraction of sp³-hybridized carbons (Fsp3) is 0.250. The van der Waals surface area contributed by atoms with Crippen LogP contribution in [-0.2, 0) is 21.7 Å². The molecule has 1 aliphatic rings. The molecule has 0 radical (unpaired) electrons. The highest BCUT2D eigenvalue weighted by molar-refractivity contribution is 6.09. The lowest BCUT2D eigenvalue weighted by Gasteiger charge is -2.23. The molecular formula is C24H25N5O4. The Balaban J connectivity index is 1.42. The van der Waals surface area contributed by atoms with Crippen LogP contribution in [0.3, 0.4) is 0 Å². The van der Waals surface area contributed by atoms with Crippen LogP contribution >= 0.6 is 0 Å². The molecule has 0 saturated carbocycles. The Morgan fingerprint density at radius 1 is 1.12 bits per heavy atom. The Morgan fingerprint density at radius 3 is 2.48 bits per heavy atom. The van der Waals surface area contributed by atoms with Gasteiger partial charge in [0.05, 0.1) is 19.0 Å². The fourth-order valence-electron chi connectivity index (χ4n) is 3.74. The van der Waals surface area contributed by atoms with Gasteiger partial charge >= 0.3 is 6.03 Å². The average molecular weight is 447 g/mol. The third kappa shape index (κ3) is 4.30. The summed E-state index contributed by atoms with van der Waals surface area (Å²) >= 11 is 0. The second-order valence-corrected chi connectivity index (χ2v) is 8.05. The van der Waals surface area contributed by atoms with Crippen molar-refractivity contribution < 1.29 is 19.1 Å². The number of carbonyl (C=O) groups excluding carboxylic acids is 3. The SMILES string of the molecule is COc1ccc([C@]2(C)NC(=O)N(CC(=O)N(C)Cc3cnn(-c4ccccc4)c3)C2=O)cc1. The van der Waals surface area contributed by atoms with Gasteiger partial charge in [-0.25, -0.2) is 9.48 Å². The zero-order valence-corrected chi connectivity index (χ0v) is 18.7. The van der Waals surface area contributed by atoms with Gasteiger partial charge in [0, 0.05) is 25.4 Å². The van der Waals surface area contributed by atoms with Gasteiger partial charge in [0.1, 0.15) is 17.8 Å². The molecule has 33 heavy (non-hydrogen) atoms. The summed E-state index contributed by atoms with van der Waals surface area (Å²) in [5.41, 5.74) is 1.10. The minimum absolute atomic E-state index is 0.297. The van der Waals surface area contributed by atoms with E-state index in [2.05, 4.69) is 10.4 Å². The Hall–Kier alpha value is -4.14. The van der Waals surface area contributed by atoms with Crippen molar-refractivity contribution >= 4 is 17.8 Å². The van der Waals surface area contributed by atoms with Gasteiger partial charge in [-0.05, 0) is 36.8 Å². The third-order valence-electron chi connectivity index (χ3n) is 5.74. The number of aromatic nitrogens is 2. The summed E-state index contributed by atoms with van der Waals surface area (Å²) in [5, 5.41) is 7.04. The number of likely N-dealkylation sites (N-methyl/N-ethyl adjacent to an activating group) is 1. The van der Waals surface area contributed by atoms with Gasteiger partial charge in [0.2, 0.25) is 5.91 Å². The fourth-order valence-corrected chi connectivity index (χ4v) is 3.74. The van der Waals surface area contributed by atoms with Crippen LogP contribution in [0, 0.1) is 0 Å². The van der Waals surface area contributed by atoms with E-state index in [0.717, 1.165) is 16.2 Å². The van der Waals surface area contributed by atoms with Crippen LogP contribution in [0.2, 0.25) is 0 Å². The molecule has 3 aromatic rings. The molecule has 9 nitrogen and oxygen atoms in total. The van der Waals surface area contributed by atoms with Crippen molar-refractivity contribution in [1.29, 1.82) is 0 Å². The summed E-state index contributed by atoms with van der Waals surface area (Å²) in [5.74, 6) is -0.190. The van der Waals surface area contributed by atoms with Gasteiger partial charge < -0.3 is 15.0 Å². The maximum absolute atomic E-state index is 13.1. The maximum Gasteiger partial charge on any atom is 0.325 e. The predicted octanol–water partition coefficient (Wildman–Crippen LogP) is 2.31. The first kappa shape index (κ1) is 22.1. The number of nitrogens with one attached hydrogen (secondary N) is 1. The topological polar surface area (TPSA) is 96.8 Å². The van der Waals surface area contributed by atoms with Crippen LogP contribution in [-0.4, -0.2) is 58.1 Å². The Labute approximate surface area is 191 Å². The van der Waals surface area contributed by atoms with Crippen molar-refractivity contribution in [3.8, 4) is 11.4 Å². The molecule has 1 fully saturated rings. The smallest absolute Gasteiger partial charge is 0.325 e. The van der Waals surface area contributed by atoms with E-state index < -0.39 is 17.5 Å². The minimum atomic E-state index is -1.25. The lowest BCUT2D eigenvalue weighted by molar-refractivity contribution is -0.138. The molecule has 2 heterocycles. The van der Waals surface area contributed by atoms with E-state index in [9.17, 15) is 14.4 Å². The van der Waals surface area contributed by atoms with Crippen molar-refractivity contribution in [3.63, 3.8) is 0 Å². The highest BCUT2D eigenvalue weighted by Gasteiger charge is 2.49. The van der Waals surface area contributed by atoms with E-state index in [1.807, 2.05) is 36.5 Å². The maximum atomic E-state index is 13.1. The standard InChI is InChI=1S/C24H25N5O4/c1-24(18-9-11-20(33-3)12-10-18)22(31)28(23(32)26-24)16-21(30)27(2)14-17-13-25-29(15-17)19-7-5-4-6-8-19/h4-13,15H,14,16H2,1-3H3,(H,26,32)/t24-/m0/s1. The predicted molar refractivity (Wildman–Crippen MR) is 121 cm³/mol. The number of benzene rings is 2. The molecule has 0 aliphatic carbocycles. The second kappa shape index (κ2) is 8.78. The highest BCUT2D eigenvalue weighted by atomic mass is 16.5. The summed E-state index contributed by atoms with van der Waals surface area (Å²) < 4.78 is 6.88.